The van der Waals surface area contributed by atoms with Crippen molar-refractivity contribution in [1.82, 2.24) is 9.80 Å². The van der Waals surface area contributed by atoms with E-state index in [0.717, 1.165) is 13.1 Å². The zero-order valence-electron chi connectivity index (χ0n) is 7.31. The fourth-order valence-corrected chi connectivity index (χ4v) is 0.400. The maximum absolute atomic E-state index is 2.18. The van der Waals surface area contributed by atoms with Crippen LogP contribution < -0.4 is 0 Å². The van der Waals surface area contributed by atoms with Crippen LogP contribution in [0.2, 0.25) is 0 Å². The van der Waals surface area contributed by atoms with E-state index in [1.165, 1.54) is 0 Å². The molecule has 0 aliphatic carbocycles. The summed E-state index contributed by atoms with van der Waals surface area (Å²) in [6.45, 7) is 2.29. The Balaban J connectivity index is 0. The van der Waals surface area contributed by atoms with Gasteiger partial charge in [0.1, 0.15) is 0 Å². The molecule has 0 rings (SSSR count). The molecule has 0 atom stereocenters. The second kappa shape index (κ2) is 7.03. The van der Waals surface area contributed by atoms with E-state index in [1.807, 2.05) is 0 Å². The van der Waals surface area contributed by atoms with Crippen molar-refractivity contribution in [3.05, 3.63) is 0 Å². The summed E-state index contributed by atoms with van der Waals surface area (Å²) < 4.78 is 0. The van der Waals surface area contributed by atoms with Crippen LogP contribution in [0.3, 0.4) is 0 Å². The molecule has 51 valence electrons. The van der Waals surface area contributed by atoms with Gasteiger partial charge in [0.2, 0.25) is 0 Å². The molecule has 1 radical (unpaired) electrons. The molecule has 2 nitrogen and oxygen atoms in total. The zero-order valence-corrected chi connectivity index (χ0v) is 9.31. The van der Waals surface area contributed by atoms with E-state index < -0.39 is 0 Å². The monoisotopic (exact) mass is 139 g/mol. The quantitative estimate of drug-likeness (QED) is 0.497. The van der Waals surface area contributed by atoms with Crippen molar-refractivity contribution in [2.75, 3.05) is 41.3 Å². The molecule has 0 unspecified atom stereocenters. The Bertz CT molecular complexity index is 47.0. The maximum atomic E-state index is 2.18. The van der Waals surface area contributed by atoms with Gasteiger partial charge in [0.05, 0.1) is 0 Å². The molecule has 0 aromatic carbocycles. The Morgan fingerprint density at radius 2 is 1.00 bits per heavy atom. The molecule has 0 saturated heterocycles. The Hall–Kier alpha value is 0.920. The van der Waals surface area contributed by atoms with Crippen LogP contribution in [-0.4, -0.2) is 80.6 Å². The zero-order chi connectivity index (χ0) is 6.57. The molecular formula is C6H16N2Na. The van der Waals surface area contributed by atoms with Crippen molar-refractivity contribution in [3.8, 4) is 0 Å². The van der Waals surface area contributed by atoms with E-state index in [9.17, 15) is 0 Å². The third-order valence-electron chi connectivity index (χ3n) is 0.994. The van der Waals surface area contributed by atoms with E-state index in [4.69, 9.17) is 0 Å². The van der Waals surface area contributed by atoms with Gasteiger partial charge in [-0.3, -0.25) is 0 Å². The molecule has 0 aliphatic heterocycles. The summed E-state index contributed by atoms with van der Waals surface area (Å²) in [5.41, 5.74) is 0. The minimum atomic E-state index is 0. The summed E-state index contributed by atoms with van der Waals surface area (Å²) in [6.07, 6.45) is 0. The Kier molecular flexibility index (Phi) is 9.83. The molecular weight excluding hydrogens is 123 g/mol. The summed E-state index contributed by atoms with van der Waals surface area (Å²) in [4.78, 5) is 4.36. The van der Waals surface area contributed by atoms with Crippen LogP contribution in [0.4, 0.5) is 0 Å². The van der Waals surface area contributed by atoms with Crippen molar-refractivity contribution in [3.63, 3.8) is 0 Å². The molecule has 9 heavy (non-hydrogen) atoms. The second-order valence-corrected chi connectivity index (χ2v) is 2.61. The molecule has 0 aliphatic rings. The summed E-state index contributed by atoms with van der Waals surface area (Å²) in [5.74, 6) is 0. The first-order valence-corrected chi connectivity index (χ1v) is 2.92. The van der Waals surface area contributed by atoms with Crippen LogP contribution in [0.25, 0.3) is 0 Å². The largest absolute Gasteiger partial charge is 0.308 e. The van der Waals surface area contributed by atoms with Crippen molar-refractivity contribution in [1.29, 1.82) is 0 Å². The average Bonchev–Trinajstić information content (AvgIpc) is 1.61. The first kappa shape index (κ1) is 12.6. The molecule has 0 aromatic heterocycles. The molecule has 0 N–H and O–H groups in total. The van der Waals surface area contributed by atoms with Crippen LogP contribution in [-0.2, 0) is 0 Å². The molecule has 0 saturated carbocycles. The van der Waals surface area contributed by atoms with Gasteiger partial charge in [-0.15, -0.1) is 0 Å². The third-order valence-corrected chi connectivity index (χ3v) is 0.994. The normalized spacial score (nSPS) is 10.0. The first-order chi connectivity index (χ1) is 3.63. The standard InChI is InChI=1S/C6H16N2.Na/c1-7(2)5-6-8(3)4;/h5-6H2,1-4H3;. The van der Waals surface area contributed by atoms with Crippen LogP contribution in [0.5, 0.6) is 0 Å². The summed E-state index contributed by atoms with van der Waals surface area (Å²) >= 11 is 0. The van der Waals surface area contributed by atoms with Gasteiger partial charge in [0.25, 0.3) is 0 Å². The fourth-order valence-electron chi connectivity index (χ4n) is 0.400. The molecule has 0 aromatic rings. The van der Waals surface area contributed by atoms with Crippen molar-refractivity contribution < 1.29 is 0 Å². The van der Waals surface area contributed by atoms with Crippen LogP contribution in [0.1, 0.15) is 0 Å². The number of hydrogen-bond donors (Lipinski definition) is 0. The van der Waals surface area contributed by atoms with Crippen molar-refractivity contribution >= 4 is 29.6 Å². The van der Waals surface area contributed by atoms with Gasteiger partial charge in [-0.1, -0.05) is 0 Å². The average molecular weight is 139 g/mol. The van der Waals surface area contributed by atoms with Crippen LogP contribution >= 0.6 is 0 Å². The smallest absolute Gasteiger partial charge is 0.0103 e. The molecule has 0 bridgehead atoms. The van der Waals surface area contributed by atoms with E-state index in [1.54, 1.807) is 0 Å². The molecule has 0 spiro atoms. The van der Waals surface area contributed by atoms with E-state index in [-0.39, 0.29) is 29.6 Å². The van der Waals surface area contributed by atoms with E-state index in [2.05, 4.69) is 38.0 Å². The predicted octanol–water partition coefficient (Wildman–Crippen LogP) is -0.271. The van der Waals surface area contributed by atoms with Gasteiger partial charge in [-0.25, -0.2) is 0 Å². The molecule has 0 fully saturated rings. The SMILES string of the molecule is CN(C)CCN(C)C.[Na]. The maximum Gasteiger partial charge on any atom is 0.0103 e. The third kappa shape index (κ3) is 12.2. The Morgan fingerprint density at radius 1 is 0.778 bits per heavy atom. The summed E-state index contributed by atoms with van der Waals surface area (Å²) in [5, 5.41) is 0. The Labute approximate surface area is 80.5 Å². The second-order valence-electron chi connectivity index (χ2n) is 2.61. The van der Waals surface area contributed by atoms with Gasteiger partial charge in [0, 0.05) is 42.6 Å². The van der Waals surface area contributed by atoms with Gasteiger partial charge < -0.3 is 9.80 Å². The fraction of sp³-hybridized carbons (Fsp3) is 1.00. The number of likely N-dealkylation sites (N-methyl/N-ethyl adjacent to an activating group) is 2. The molecule has 3 heteroatoms. The van der Waals surface area contributed by atoms with Crippen molar-refractivity contribution in [2.45, 2.75) is 0 Å². The van der Waals surface area contributed by atoms with Gasteiger partial charge >= 0.3 is 0 Å². The van der Waals surface area contributed by atoms with Crippen LogP contribution in [0.15, 0.2) is 0 Å². The summed E-state index contributed by atoms with van der Waals surface area (Å²) in [6, 6.07) is 0. The summed E-state index contributed by atoms with van der Waals surface area (Å²) in [7, 11) is 8.35. The predicted molar refractivity (Wildman–Crippen MR) is 42.9 cm³/mol. The van der Waals surface area contributed by atoms with Gasteiger partial charge in [-0.2, -0.15) is 0 Å². The van der Waals surface area contributed by atoms with Crippen molar-refractivity contribution in [2.24, 2.45) is 0 Å². The number of nitrogens with zero attached hydrogens (tertiary/aromatic N) is 2. The number of hydrogen-bond acceptors (Lipinski definition) is 2. The van der Waals surface area contributed by atoms with Gasteiger partial charge in [0.15, 0.2) is 0 Å². The van der Waals surface area contributed by atoms with Gasteiger partial charge in [-0.05, 0) is 28.2 Å². The Morgan fingerprint density at radius 3 is 1.11 bits per heavy atom. The topological polar surface area (TPSA) is 6.48 Å². The van der Waals surface area contributed by atoms with E-state index in [0.29, 0.717) is 0 Å². The minimum Gasteiger partial charge on any atom is -0.308 e. The molecule has 0 heterocycles. The molecule has 0 amide bonds. The van der Waals surface area contributed by atoms with Crippen LogP contribution in [0, 0.1) is 0 Å². The first-order valence-electron chi connectivity index (χ1n) is 2.92. The minimum absolute atomic E-state index is 0. The van der Waals surface area contributed by atoms with E-state index >= 15 is 0 Å². The number of rotatable bonds is 3.